The van der Waals surface area contributed by atoms with Crippen molar-refractivity contribution in [2.45, 2.75) is 25.5 Å². The Bertz CT molecular complexity index is 342. The molecular weight excluding hydrogens is 222 g/mol. The molecule has 3 heteroatoms. The first-order chi connectivity index (χ1) is 7.79. The van der Waals surface area contributed by atoms with Crippen LogP contribution in [-0.2, 0) is 13.0 Å². The SMILES string of the molecule is OC(CCl)CN1CCCc2ccccc2C1. The number of hydrogen-bond acceptors (Lipinski definition) is 2. The van der Waals surface area contributed by atoms with Crippen molar-refractivity contribution >= 4 is 11.6 Å². The number of β-amino-alcohol motifs (C(OH)–C–C–N with tert-alkyl or cyclic N) is 1. The van der Waals surface area contributed by atoms with E-state index in [0.717, 1.165) is 25.9 Å². The van der Waals surface area contributed by atoms with Gasteiger partial charge in [0.1, 0.15) is 0 Å². The van der Waals surface area contributed by atoms with Gasteiger partial charge in [0.25, 0.3) is 0 Å². The lowest BCUT2D eigenvalue weighted by Gasteiger charge is -2.22. The third-order valence-corrected chi connectivity index (χ3v) is 3.44. The molecule has 0 aromatic heterocycles. The smallest absolute Gasteiger partial charge is 0.0802 e. The normalized spacial score (nSPS) is 18.9. The van der Waals surface area contributed by atoms with Crippen molar-refractivity contribution in [3.8, 4) is 0 Å². The first-order valence-corrected chi connectivity index (χ1v) is 6.36. The van der Waals surface area contributed by atoms with Crippen molar-refractivity contribution in [2.75, 3.05) is 19.0 Å². The quantitative estimate of drug-likeness (QED) is 0.816. The van der Waals surface area contributed by atoms with Crippen LogP contribution in [0, 0.1) is 0 Å². The second kappa shape index (κ2) is 5.67. The summed E-state index contributed by atoms with van der Waals surface area (Å²) in [5, 5.41) is 9.58. The van der Waals surface area contributed by atoms with Gasteiger partial charge in [0.05, 0.1) is 6.10 Å². The van der Waals surface area contributed by atoms with Crippen LogP contribution in [0.4, 0.5) is 0 Å². The number of hydrogen-bond donors (Lipinski definition) is 1. The van der Waals surface area contributed by atoms with Gasteiger partial charge in [-0.2, -0.15) is 0 Å². The summed E-state index contributed by atoms with van der Waals surface area (Å²) in [7, 11) is 0. The molecule has 0 spiro atoms. The lowest BCUT2D eigenvalue weighted by Crippen LogP contribution is -2.33. The van der Waals surface area contributed by atoms with E-state index in [1.807, 2.05) is 0 Å². The molecule has 0 bridgehead atoms. The molecule has 1 atom stereocenters. The Labute approximate surface area is 102 Å². The van der Waals surface area contributed by atoms with E-state index >= 15 is 0 Å². The number of aliphatic hydroxyl groups excluding tert-OH is 1. The van der Waals surface area contributed by atoms with Gasteiger partial charge in [-0.05, 0) is 30.5 Å². The van der Waals surface area contributed by atoms with Gasteiger partial charge in [0.2, 0.25) is 0 Å². The summed E-state index contributed by atoms with van der Waals surface area (Å²) in [5.41, 5.74) is 2.84. The lowest BCUT2D eigenvalue weighted by atomic mass is 10.0. The number of nitrogens with zero attached hydrogens (tertiary/aromatic N) is 1. The van der Waals surface area contributed by atoms with Gasteiger partial charge in [-0.15, -0.1) is 11.6 Å². The second-order valence-corrected chi connectivity index (χ2v) is 4.72. The zero-order chi connectivity index (χ0) is 11.4. The van der Waals surface area contributed by atoms with E-state index in [1.54, 1.807) is 0 Å². The average molecular weight is 240 g/mol. The van der Waals surface area contributed by atoms with Gasteiger partial charge in [-0.25, -0.2) is 0 Å². The Morgan fingerprint density at radius 2 is 2.06 bits per heavy atom. The molecule has 0 radical (unpaired) electrons. The molecule has 2 rings (SSSR count). The van der Waals surface area contributed by atoms with Gasteiger partial charge in [0, 0.05) is 19.0 Å². The van der Waals surface area contributed by atoms with Crippen LogP contribution in [0.2, 0.25) is 0 Å². The molecule has 1 aliphatic rings. The Morgan fingerprint density at radius 1 is 1.31 bits per heavy atom. The monoisotopic (exact) mass is 239 g/mol. The summed E-state index contributed by atoms with van der Waals surface area (Å²) >= 11 is 5.64. The van der Waals surface area contributed by atoms with Crippen molar-refractivity contribution in [1.82, 2.24) is 4.90 Å². The third-order valence-electron chi connectivity index (χ3n) is 3.08. The molecule has 1 aliphatic heterocycles. The van der Waals surface area contributed by atoms with E-state index < -0.39 is 6.10 Å². The fraction of sp³-hybridized carbons (Fsp3) is 0.538. The predicted octanol–water partition coefficient (Wildman–Crippen LogP) is 2.03. The van der Waals surface area contributed by atoms with Crippen LogP contribution < -0.4 is 0 Å². The molecule has 2 nitrogen and oxygen atoms in total. The second-order valence-electron chi connectivity index (χ2n) is 4.42. The standard InChI is InChI=1S/C13H18ClNO/c14-8-13(16)10-15-7-3-6-11-4-1-2-5-12(11)9-15/h1-2,4-5,13,16H,3,6-10H2. The maximum absolute atomic E-state index is 9.58. The number of rotatable bonds is 3. The number of fused-ring (bicyclic) bond motifs is 1. The summed E-state index contributed by atoms with van der Waals surface area (Å²) < 4.78 is 0. The molecule has 88 valence electrons. The van der Waals surface area contributed by atoms with Crippen molar-refractivity contribution < 1.29 is 5.11 Å². The van der Waals surface area contributed by atoms with Gasteiger partial charge >= 0.3 is 0 Å². The Kier molecular flexibility index (Phi) is 4.22. The minimum Gasteiger partial charge on any atom is -0.391 e. The predicted molar refractivity (Wildman–Crippen MR) is 66.8 cm³/mol. The highest BCUT2D eigenvalue weighted by atomic mass is 35.5. The Hall–Kier alpha value is -0.570. The van der Waals surface area contributed by atoms with E-state index in [-0.39, 0.29) is 0 Å². The molecule has 16 heavy (non-hydrogen) atoms. The molecule has 1 N–H and O–H groups in total. The van der Waals surface area contributed by atoms with Crippen molar-refractivity contribution in [2.24, 2.45) is 0 Å². The van der Waals surface area contributed by atoms with E-state index in [4.69, 9.17) is 11.6 Å². The zero-order valence-corrected chi connectivity index (χ0v) is 10.2. The van der Waals surface area contributed by atoms with Crippen LogP contribution in [-0.4, -0.2) is 35.1 Å². The highest BCUT2D eigenvalue weighted by Gasteiger charge is 2.16. The van der Waals surface area contributed by atoms with Crippen molar-refractivity contribution in [3.05, 3.63) is 35.4 Å². The van der Waals surface area contributed by atoms with E-state index in [2.05, 4.69) is 29.2 Å². The molecule has 0 saturated heterocycles. The molecule has 0 amide bonds. The molecule has 1 aromatic rings. The molecule has 1 heterocycles. The number of halogens is 1. The summed E-state index contributed by atoms with van der Waals surface area (Å²) in [6.45, 7) is 2.66. The minimum absolute atomic E-state index is 0.318. The first-order valence-electron chi connectivity index (χ1n) is 5.83. The van der Waals surface area contributed by atoms with Crippen LogP contribution >= 0.6 is 11.6 Å². The fourth-order valence-electron chi connectivity index (χ4n) is 2.27. The maximum atomic E-state index is 9.58. The van der Waals surface area contributed by atoms with Crippen molar-refractivity contribution in [1.29, 1.82) is 0 Å². The van der Waals surface area contributed by atoms with Crippen LogP contribution in [0.3, 0.4) is 0 Å². The van der Waals surface area contributed by atoms with E-state index in [0.29, 0.717) is 12.4 Å². The van der Waals surface area contributed by atoms with Crippen LogP contribution in [0.15, 0.2) is 24.3 Å². The van der Waals surface area contributed by atoms with E-state index in [1.165, 1.54) is 11.1 Å². The molecule has 0 fully saturated rings. The van der Waals surface area contributed by atoms with Gasteiger partial charge < -0.3 is 5.11 Å². The molecule has 0 aliphatic carbocycles. The average Bonchev–Trinajstić information content (AvgIpc) is 2.50. The largest absolute Gasteiger partial charge is 0.391 e. The number of aliphatic hydroxyl groups is 1. The van der Waals surface area contributed by atoms with Crippen LogP contribution in [0.1, 0.15) is 17.5 Å². The summed E-state index contributed by atoms with van der Waals surface area (Å²) in [4.78, 5) is 2.29. The van der Waals surface area contributed by atoms with Crippen LogP contribution in [0.25, 0.3) is 0 Å². The first kappa shape index (κ1) is 11.9. The van der Waals surface area contributed by atoms with Gasteiger partial charge in [-0.1, -0.05) is 24.3 Å². The lowest BCUT2D eigenvalue weighted by molar-refractivity contribution is 0.126. The summed E-state index contributed by atoms with van der Waals surface area (Å²) in [6, 6.07) is 8.57. The fourth-order valence-corrected chi connectivity index (χ4v) is 2.37. The molecule has 1 aromatic carbocycles. The Morgan fingerprint density at radius 3 is 2.81 bits per heavy atom. The number of aryl methyl sites for hydroxylation is 1. The highest BCUT2D eigenvalue weighted by molar-refractivity contribution is 6.18. The van der Waals surface area contributed by atoms with Crippen LogP contribution in [0.5, 0.6) is 0 Å². The summed E-state index contributed by atoms with van der Waals surface area (Å²) in [5.74, 6) is 0.318. The minimum atomic E-state index is -0.410. The zero-order valence-electron chi connectivity index (χ0n) is 9.40. The Balaban J connectivity index is 2.05. The molecule has 1 unspecified atom stereocenters. The van der Waals surface area contributed by atoms with Crippen molar-refractivity contribution in [3.63, 3.8) is 0 Å². The molecule has 0 saturated carbocycles. The van der Waals surface area contributed by atoms with E-state index in [9.17, 15) is 5.11 Å². The van der Waals surface area contributed by atoms with Gasteiger partial charge in [-0.3, -0.25) is 4.90 Å². The summed E-state index contributed by atoms with van der Waals surface area (Å²) in [6.07, 6.45) is 1.89. The molecular formula is C13H18ClNO. The third kappa shape index (κ3) is 2.97. The highest BCUT2D eigenvalue weighted by Crippen LogP contribution is 2.18. The van der Waals surface area contributed by atoms with Gasteiger partial charge in [0.15, 0.2) is 0 Å². The maximum Gasteiger partial charge on any atom is 0.0802 e. The number of alkyl halides is 1. The number of benzene rings is 1. The topological polar surface area (TPSA) is 23.5 Å².